The Morgan fingerprint density at radius 1 is 1.36 bits per heavy atom. The number of aromatic nitrogens is 1. The molecule has 7 heteroatoms. The van der Waals surface area contributed by atoms with Gasteiger partial charge in [0.15, 0.2) is 9.84 Å². The summed E-state index contributed by atoms with van der Waals surface area (Å²) in [5.41, 5.74) is 2.04. The van der Waals surface area contributed by atoms with Crippen molar-refractivity contribution in [3.63, 3.8) is 0 Å². The van der Waals surface area contributed by atoms with Gasteiger partial charge in [0.05, 0.1) is 27.3 Å². The number of hydrogen-bond acceptors (Lipinski definition) is 5. The molecule has 25 heavy (non-hydrogen) atoms. The third-order valence-electron chi connectivity index (χ3n) is 4.65. The molecule has 3 rings (SSSR count). The smallest absolute Gasteiger partial charge is 0.235 e. The molecule has 2 atom stereocenters. The lowest BCUT2D eigenvalue weighted by Crippen LogP contribution is -2.41. The second kappa shape index (κ2) is 6.96. The largest absolute Gasteiger partial charge is 0.341 e. The van der Waals surface area contributed by atoms with E-state index in [2.05, 4.69) is 4.98 Å². The highest BCUT2D eigenvalue weighted by Crippen LogP contribution is 2.28. The Bertz CT molecular complexity index is 912. The fourth-order valence-electron chi connectivity index (χ4n) is 3.16. The molecule has 2 aromatic rings. The van der Waals surface area contributed by atoms with E-state index in [1.54, 1.807) is 11.9 Å². The lowest BCUT2D eigenvalue weighted by Gasteiger charge is -2.26. The maximum absolute atomic E-state index is 12.7. The van der Waals surface area contributed by atoms with Crippen LogP contribution in [0.25, 0.3) is 10.9 Å². The number of fused-ring (bicyclic) bond motifs is 1. The summed E-state index contributed by atoms with van der Waals surface area (Å²) in [6.07, 6.45) is 0.523. The number of para-hydroxylation sites is 1. The zero-order valence-corrected chi connectivity index (χ0v) is 16.2. The Hall–Kier alpha value is -1.60. The normalized spacial score (nSPS) is 20.5. The molecule has 1 fully saturated rings. The minimum absolute atomic E-state index is 0.0558. The number of sulfone groups is 1. The number of aryl methyl sites for hydroxylation is 1. The fourth-order valence-corrected chi connectivity index (χ4v) is 5.96. The van der Waals surface area contributed by atoms with Crippen molar-refractivity contribution in [3.05, 3.63) is 35.9 Å². The van der Waals surface area contributed by atoms with Gasteiger partial charge in [-0.3, -0.25) is 4.79 Å². The van der Waals surface area contributed by atoms with Crippen LogP contribution in [0, 0.1) is 6.92 Å². The van der Waals surface area contributed by atoms with E-state index in [1.807, 2.05) is 44.2 Å². The molecular weight excluding hydrogens is 356 g/mol. The monoisotopic (exact) mass is 378 g/mol. The Morgan fingerprint density at radius 3 is 2.76 bits per heavy atom. The first-order chi connectivity index (χ1) is 11.8. The van der Waals surface area contributed by atoms with Gasteiger partial charge in [0, 0.05) is 18.5 Å². The lowest BCUT2D eigenvalue weighted by atomic mass is 10.1. The second-order valence-electron chi connectivity index (χ2n) is 6.56. The van der Waals surface area contributed by atoms with E-state index >= 15 is 0 Å². The van der Waals surface area contributed by atoms with Crippen LogP contribution in [0.4, 0.5) is 0 Å². The van der Waals surface area contributed by atoms with Gasteiger partial charge in [-0.1, -0.05) is 30.0 Å². The van der Waals surface area contributed by atoms with Crippen LogP contribution in [-0.4, -0.2) is 54.1 Å². The van der Waals surface area contributed by atoms with Crippen LogP contribution in [0.1, 0.15) is 18.9 Å². The first kappa shape index (κ1) is 18.2. The Morgan fingerprint density at radius 2 is 2.08 bits per heavy atom. The Balaban J connectivity index is 1.73. The lowest BCUT2D eigenvalue weighted by molar-refractivity contribution is -0.130. The van der Waals surface area contributed by atoms with E-state index in [1.165, 1.54) is 11.8 Å². The van der Waals surface area contributed by atoms with Crippen molar-refractivity contribution in [1.82, 2.24) is 9.88 Å². The predicted molar refractivity (Wildman–Crippen MR) is 102 cm³/mol. The van der Waals surface area contributed by atoms with Crippen molar-refractivity contribution in [1.29, 1.82) is 0 Å². The molecule has 0 bridgehead atoms. The van der Waals surface area contributed by atoms with Gasteiger partial charge in [0.1, 0.15) is 0 Å². The maximum Gasteiger partial charge on any atom is 0.235 e. The van der Waals surface area contributed by atoms with Crippen molar-refractivity contribution in [3.8, 4) is 0 Å². The number of nitrogens with zero attached hydrogens (tertiary/aromatic N) is 2. The number of carbonyl (C=O) groups is 1. The van der Waals surface area contributed by atoms with Gasteiger partial charge in [-0.25, -0.2) is 13.4 Å². The van der Waals surface area contributed by atoms with E-state index in [-0.39, 0.29) is 28.7 Å². The summed E-state index contributed by atoms with van der Waals surface area (Å²) in [6, 6.07) is 9.72. The summed E-state index contributed by atoms with van der Waals surface area (Å²) >= 11 is 1.42. The number of benzene rings is 1. The van der Waals surface area contributed by atoms with Crippen molar-refractivity contribution < 1.29 is 13.2 Å². The molecule has 0 radical (unpaired) electrons. The Kier molecular flexibility index (Phi) is 5.06. The van der Waals surface area contributed by atoms with Gasteiger partial charge < -0.3 is 4.90 Å². The van der Waals surface area contributed by atoms with Crippen LogP contribution in [0.2, 0.25) is 0 Å². The molecule has 2 heterocycles. The van der Waals surface area contributed by atoms with Crippen molar-refractivity contribution in [2.75, 3.05) is 18.6 Å². The zero-order valence-electron chi connectivity index (χ0n) is 14.6. The van der Waals surface area contributed by atoms with Crippen LogP contribution in [0.15, 0.2) is 35.4 Å². The minimum atomic E-state index is -3.00. The van der Waals surface area contributed by atoms with Gasteiger partial charge in [-0.15, -0.1) is 0 Å². The summed E-state index contributed by atoms with van der Waals surface area (Å²) in [5, 5.41) is 1.60. The number of carbonyl (C=O) groups excluding carboxylic acids is 1. The van der Waals surface area contributed by atoms with E-state index in [0.717, 1.165) is 21.5 Å². The quantitative estimate of drug-likeness (QED) is 0.765. The number of thioether (sulfide) groups is 1. The molecule has 1 aliphatic rings. The molecule has 1 aromatic carbocycles. The van der Waals surface area contributed by atoms with Gasteiger partial charge in [0.25, 0.3) is 0 Å². The molecular formula is C18H22N2O3S2. The number of rotatable bonds is 4. The van der Waals surface area contributed by atoms with Gasteiger partial charge in [-0.2, -0.15) is 0 Å². The summed E-state index contributed by atoms with van der Waals surface area (Å²) in [6.45, 7) is 3.88. The van der Waals surface area contributed by atoms with Crippen LogP contribution >= 0.6 is 11.8 Å². The molecule has 0 aliphatic carbocycles. The molecule has 5 nitrogen and oxygen atoms in total. The first-order valence-corrected chi connectivity index (χ1v) is 11.0. The molecule has 0 N–H and O–H groups in total. The van der Waals surface area contributed by atoms with Gasteiger partial charge in [-0.05, 0) is 38.0 Å². The van der Waals surface area contributed by atoms with E-state index in [0.29, 0.717) is 6.42 Å². The van der Waals surface area contributed by atoms with Crippen LogP contribution in [0.5, 0.6) is 0 Å². The van der Waals surface area contributed by atoms with Crippen LogP contribution in [-0.2, 0) is 14.6 Å². The summed E-state index contributed by atoms with van der Waals surface area (Å²) in [5.74, 6) is 0.182. The molecule has 0 spiro atoms. The van der Waals surface area contributed by atoms with Crippen LogP contribution < -0.4 is 0 Å². The topological polar surface area (TPSA) is 67.3 Å². The predicted octanol–water partition coefficient (Wildman–Crippen LogP) is 2.67. The zero-order chi connectivity index (χ0) is 18.2. The third-order valence-corrected chi connectivity index (χ3v) is 7.40. The molecule has 1 saturated heterocycles. The molecule has 0 saturated carbocycles. The van der Waals surface area contributed by atoms with E-state index in [4.69, 9.17) is 0 Å². The van der Waals surface area contributed by atoms with Crippen molar-refractivity contribution in [2.24, 2.45) is 0 Å². The average molecular weight is 379 g/mol. The van der Waals surface area contributed by atoms with Gasteiger partial charge >= 0.3 is 0 Å². The van der Waals surface area contributed by atoms with Crippen molar-refractivity contribution in [2.45, 2.75) is 36.6 Å². The summed E-state index contributed by atoms with van der Waals surface area (Å²) < 4.78 is 23.3. The number of pyridine rings is 1. The average Bonchev–Trinajstić information content (AvgIpc) is 2.93. The van der Waals surface area contributed by atoms with Crippen LogP contribution in [0.3, 0.4) is 0 Å². The summed E-state index contributed by atoms with van der Waals surface area (Å²) in [7, 11) is -1.30. The maximum atomic E-state index is 12.7. The highest BCUT2D eigenvalue weighted by Gasteiger charge is 2.34. The summed E-state index contributed by atoms with van der Waals surface area (Å²) in [4.78, 5) is 18.9. The third kappa shape index (κ3) is 3.98. The Labute approximate surface area is 152 Å². The molecule has 1 aromatic heterocycles. The highest BCUT2D eigenvalue weighted by molar-refractivity contribution is 8.00. The highest BCUT2D eigenvalue weighted by atomic mass is 32.2. The minimum Gasteiger partial charge on any atom is -0.341 e. The van der Waals surface area contributed by atoms with E-state index in [9.17, 15) is 13.2 Å². The molecule has 134 valence electrons. The standard InChI is InChI=1S/C18H22N2O3S2/c1-12-10-17(19-16-7-5-4-6-15(12)16)24-13(2)18(21)20(3)14-8-9-25(22,23)11-14/h4-7,10,13-14H,8-9,11H2,1-3H3/t13-,14-/m0/s1. The molecule has 1 amide bonds. The van der Waals surface area contributed by atoms with E-state index < -0.39 is 9.84 Å². The van der Waals surface area contributed by atoms with Gasteiger partial charge in [0.2, 0.25) is 5.91 Å². The second-order valence-corrected chi connectivity index (χ2v) is 10.2. The molecule has 1 aliphatic heterocycles. The SMILES string of the molecule is Cc1cc(S[C@@H](C)C(=O)N(C)[C@H]2CCS(=O)(=O)C2)nc2ccccc12. The number of hydrogen-bond donors (Lipinski definition) is 0. The first-order valence-electron chi connectivity index (χ1n) is 8.27. The van der Waals surface area contributed by atoms with Crippen molar-refractivity contribution >= 4 is 38.4 Å². The molecule has 0 unspecified atom stereocenters. The number of amides is 1. The fraction of sp³-hybridized carbons (Fsp3) is 0.444.